The molecule has 1 saturated heterocycles. The summed E-state index contributed by atoms with van der Waals surface area (Å²) in [4.78, 5) is 32.0. The van der Waals surface area contributed by atoms with Gasteiger partial charge in [-0.3, -0.25) is 9.59 Å². The second-order valence-corrected chi connectivity index (χ2v) is 9.57. The van der Waals surface area contributed by atoms with Gasteiger partial charge in [0, 0.05) is 23.5 Å². The fraction of sp³-hybridized carbons (Fsp3) is 0.355. The van der Waals surface area contributed by atoms with Crippen LogP contribution in [0.5, 0.6) is 0 Å². The molecule has 3 aromatic rings. The summed E-state index contributed by atoms with van der Waals surface area (Å²) >= 11 is 0. The Morgan fingerprint density at radius 1 is 1.11 bits per heavy atom. The first-order valence-electron chi connectivity index (χ1n) is 13.5. The van der Waals surface area contributed by atoms with Crippen molar-refractivity contribution in [2.75, 3.05) is 31.5 Å². The first kappa shape index (κ1) is 27.3. The number of aryl methyl sites for hydroxylation is 1. The number of nitrogens with zero attached hydrogens (tertiary/aromatic N) is 1. The van der Waals surface area contributed by atoms with Gasteiger partial charge in [-0.2, -0.15) is 0 Å². The highest BCUT2D eigenvalue weighted by atomic mass is 19.1. The van der Waals surface area contributed by atoms with Gasteiger partial charge in [0.1, 0.15) is 5.82 Å². The number of rotatable bonds is 7. The Labute approximate surface area is 224 Å². The summed E-state index contributed by atoms with van der Waals surface area (Å²) in [5, 5.41) is 5.97. The average Bonchev–Trinajstić information content (AvgIpc) is 3.62. The highest BCUT2D eigenvalue weighted by molar-refractivity contribution is 6.36. The molecule has 1 aromatic heterocycles. The zero-order chi connectivity index (χ0) is 27.2. The third kappa shape index (κ3) is 5.73. The van der Waals surface area contributed by atoms with Gasteiger partial charge >= 0.3 is 0 Å². The van der Waals surface area contributed by atoms with Crippen molar-refractivity contribution >= 4 is 29.2 Å². The summed E-state index contributed by atoms with van der Waals surface area (Å²) in [6.45, 7) is 11.7. The van der Waals surface area contributed by atoms with Crippen molar-refractivity contribution in [3.8, 4) is 11.1 Å². The van der Waals surface area contributed by atoms with Crippen molar-refractivity contribution < 1.29 is 14.0 Å². The van der Waals surface area contributed by atoms with Crippen LogP contribution in [-0.2, 0) is 4.79 Å². The summed E-state index contributed by atoms with van der Waals surface area (Å²) in [6.07, 6.45) is 5.15. The predicted molar refractivity (Wildman–Crippen MR) is 153 cm³/mol. The fourth-order valence-electron chi connectivity index (χ4n) is 5.18. The van der Waals surface area contributed by atoms with Crippen LogP contribution in [0, 0.1) is 19.7 Å². The van der Waals surface area contributed by atoms with Gasteiger partial charge in [0.2, 0.25) is 0 Å². The lowest BCUT2D eigenvalue weighted by molar-refractivity contribution is -0.110. The fourth-order valence-corrected chi connectivity index (χ4v) is 5.18. The minimum absolute atomic E-state index is 0.151. The van der Waals surface area contributed by atoms with E-state index in [-0.39, 0.29) is 17.6 Å². The van der Waals surface area contributed by atoms with Crippen LogP contribution in [0.4, 0.5) is 10.1 Å². The van der Waals surface area contributed by atoms with Crippen molar-refractivity contribution in [1.82, 2.24) is 15.2 Å². The molecule has 0 atom stereocenters. The maximum atomic E-state index is 14.0. The molecule has 0 unspecified atom stereocenters. The van der Waals surface area contributed by atoms with Gasteiger partial charge in [-0.05, 0) is 93.7 Å². The number of carbonyl (C=O) groups excluding carboxylic acids is 2. The third-order valence-corrected chi connectivity index (χ3v) is 7.14. The average molecular weight is 517 g/mol. The number of carbonyl (C=O) groups is 2. The number of aromatic nitrogens is 1. The van der Waals surface area contributed by atoms with Crippen molar-refractivity contribution in [3.63, 3.8) is 0 Å². The maximum Gasteiger partial charge on any atom is 0.256 e. The van der Waals surface area contributed by atoms with Crippen molar-refractivity contribution in [1.29, 1.82) is 0 Å². The van der Waals surface area contributed by atoms with E-state index in [0.717, 1.165) is 42.9 Å². The number of H-pyrrole nitrogens is 1. The summed E-state index contributed by atoms with van der Waals surface area (Å²) in [5.74, 6) is -0.745. The van der Waals surface area contributed by atoms with Crippen LogP contribution < -0.4 is 10.6 Å². The summed E-state index contributed by atoms with van der Waals surface area (Å²) < 4.78 is 14.0. The lowest BCUT2D eigenvalue weighted by atomic mass is 9.94. The molecule has 5 rings (SSSR count). The van der Waals surface area contributed by atoms with Crippen LogP contribution in [0.25, 0.3) is 22.8 Å². The summed E-state index contributed by atoms with van der Waals surface area (Å²) in [5.41, 5.74) is 6.12. The smallest absolute Gasteiger partial charge is 0.256 e. The monoisotopic (exact) mass is 516 g/mol. The van der Waals surface area contributed by atoms with E-state index in [0.29, 0.717) is 40.2 Å². The van der Waals surface area contributed by atoms with Crippen molar-refractivity contribution in [2.24, 2.45) is 0 Å². The Morgan fingerprint density at radius 2 is 1.84 bits per heavy atom. The number of benzene rings is 2. The van der Waals surface area contributed by atoms with Crippen LogP contribution in [0.2, 0.25) is 0 Å². The molecule has 38 heavy (non-hydrogen) atoms. The minimum atomic E-state index is -0.341. The molecule has 6 nitrogen and oxygen atoms in total. The van der Waals surface area contributed by atoms with Gasteiger partial charge in [-0.15, -0.1) is 0 Å². The molecule has 0 radical (unpaired) electrons. The number of fused-ring (bicyclic) bond motifs is 1. The number of halogens is 1. The molecule has 3 heterocycles. The van der Waals surface area contributed by atoms with E-state index in [4.69, 9.17) is 0 Å². The number of nitrogens with one attached hydrogen (secondary N) is 3. The standard InChI is InChI=1S/C29H31FN4O2.C2H6/c1-18-19(2)32-25(26(18)29(36)31-12-7-15-34-13-3-4-14-34)17-23-27-22(20-8-5-9-21(30)16-20)10-6-11-24(27)33-28(23)35;1-2/h5-6,8-11,16-17,32H,3-4,7,12-15H2,1-2H3,(H,31,36)(H,33,35);1-2H3/b23-17-;. The van der Waals surface area contributed by atoms with Crippen LogP contribution in [0.1, 0.15) is 66.0 Å². The summed E-state index contributed by atoms with van der Waals surface area (Å²) in [7, 11) is 0. The molecule has 3 N–H and O–H groups in total. The SMILES string of the molecule is CC.Cc1[nH]c(/C=C2\C(=O)Nc3cccc(-c4cccc(F)c4)c32)c(C(=O)NCCCN2CCCC2)c1C. The lowest BCUT2D eigenvalue weighted by Gasteiger charge is -2.14. The molecular formula is C31H37FN4O2. The second-order valence-electron chi connectivity index (χ2n) is 9.57. The normalized spacial score (nSPS) is 15.7. The van der Waals surface area contributed by atoms with E-state index in [9.17, 15) is 14.0 Å². The molecule has 0 bridgehead atoms. The van der Waals surface area contributed by atoms with E-state index in [2.05, 4.69) is 20.5 Å². The minimum Gasteiger partial charge on any atom is -0.358 e. The largest absolute Gasteiger partial charge is 0.358 e. The molecule has 1 fully saturated rings. The first-order valence-corrected chi connectivity index (χ1v) is 13.5. The number of aromatic amines is 1. The van der Waals surface area contributed by atoms with Crippen LogP contribution in [0.15, 0.2) is 42.5 Å². The summed E-state index contributed by atoms with van der Waals surface area (Å²) in [6, 6.07) is 11.9. The molecule has 0 aliphatic carbocycles. The Kier molecular flexibility index (Phi) is 8.79. The molecule has 7 heteroatoms. The topological polar surface area (TPSA) is 77.2 Å². The first-order chi connectivity index (χ1) is 18.4. The molecule has 2 aliphatic heterocycles. The van der Waals surface area contributed by atoms with E-state index in [1.165, 1.54) is 25.0 Å². The van der Waals surface area contributed by atoms with E-state index in [1.54, 1.807) is 12.1 Å². The Hall–Kier alpha value is -3.71. The molecule has 0 saturated carbocycles. The second kappa shape index (κ2) is 12.2. The highest BCUT2D eigenvalue weighted by Gasteiger charge is 2.29. The van der Waals surface area contributed by atoms with E-state index >= 15 is 0 Å². The van der Waals surface area contributed by atoms with Gasteiger partial charge < -0.3 is 20.5 Å². The molecule has 2 aliphatic rings. The lowest BCUT2D eigenvalue weighted by Crippen LogP contribution is -2.29. The number of amides is 2. The Bertz CT molecular complexity index is 1350. The molecule has 2 aromatic carbocycles. The molecule has 0 spiro atoms. The zero-order valence-corrected chi connectivity index (χ0v) is 22.7. The van der Waals surface area contributed by atoms with E-state index < -0.39 is 0 Å². The number of likely N-dealkylation sites (tertiary alicyclic amines) is 1. The van der Waals surface area contributed by atoms with Crippen LogP contribution >= 0.6 is 0 Å². The van der Waals surface area contributed by atoms with Gasteiger partial charge in [0.15, 0.2) is 0 Å². The zero-order valence-electron chi connectivity index (χ0n) is 22.7. The molecule has 2 amide bonds. The van der Waals surface area contributed by atoms with Crippen LogP contribution in [0.3, 0.4) is 0 Å². The van der Waals surface area contributed by atoms with Gasteiger partial charge in [0.25, 0.3) is 11.8 Å². The number of anilines is 1. The maximum absolute atomic E-state index is 14.0. The van der Waals surface area contributed by atoms with E-state index in [1.807, 2.05) is 52.0 Å². The highest BCUT2D eigenvalue weighted by Crippen LogP contribution is 2.41. The van der Waals surface area contributed by atoms with Gasteiger partial charge in [-0.25, -0.2) is 4.39 Å². The van der Waals surface area contributed by atoms with Gasteiger partial charge in [0.05, 0.1) is 16.8 Å². The van der Waals surface area contributed by atoms with Crippen LogP contribution in [-0.4, -0.2) is 47.9 Å². The molecular weight excluding hydrogens is 479 g/mol. The van der Waals surface area contributed by atoms with Crippen molar-refractivity contribution in [2.45, 2.75) is 47.0 Å². The number of hydrogen-bond donors (Lipinski definition) is 3. The molecule has 200 valence electrons. The van der Waals surface area contributed by atoms with Crippen molar-refractivity contribution in [3.05, 3.63) is 76.4 Å². The number of hydrogen-bond acceptors (Lipinski definition) is 3. The third-order valence-electron chi connectivity index (χ3n) is 7.14. The van der Waals surface area contributed by atoms with Gasteiger partial charge in [-0.1, -0.05) is 38.1 Å². The predicted octanol–water partition coefficient (Wildman–Crippen LogP) is 6.17. The quantitative estimate of drug-likeness (QED) is 0.260. The Morgan fingerprint density at radius 3 is 2.58 bits per heavy atom. The Balaban J connectivity index is 0.00000164.